The molecule has 0 saturated carbocycles. The number of aryl methyl sites for hydroxylation is 1. The zero-order chi connectivity index (χ0) is 17.5. The Morgan fingerprint density at radius 2 is 2.00 bits per heavy atom. The van der Waals surface area contributed by atoms with Crippen molar-refractivity contribution in [1.29, 1.82) is 0 Å². The molecule has 3 heterocycles. The summed E-state index contributed by atoms with van der Waals surface area (Å²) in [5.74, 6) is 0.164. The molecule has 2 fully saturated rings. The second kappa shape index (κ2) is 6.05. The number of β-lactam (4-membered cyclic amide) rings is 1. The number of rotatable bonds is 3. The lowest BCUT2D eigenvalue weighted by Crippen LogP contribution is -2.67. The van der Waals surface area contributed by atoms with Crippen molar-refractivity contribution in [2.45, 2.75) is 12.8 Å². The molecule has 2 aliphatic heterocycles. The van der Waals surface area contributed by atoms with E-state index < -0.39 is 0 Å². The van der Waals surface area contributed by atoms with Gasteiger partial charge >= 0.3 is 0 Å². The molecule has 2 aliphatic rings. The van der Waals surface area contributed by atoms with Crippen LogP contribution < -0.4 is 10.5 Å². The first-order chi connectivity index (χ1) is 11.3. The summed E-state index contributed by atoms with van der Waals surface area (Å²) in [7, 11) is 5.18. The second-order valence-electron chi connectivity index (χ2n) is 7.11. The number of likely N-dealkylation sites (tertiary alicyclic amines) is 1. The Balaban J connectivity index is 1.69. The van der Waals surface area contributed by atoms with E-state index in [1.165, 1.54) is 10.6 Å². The van der Waals surface area contributed by atoms with Gasteiger partial charge in [-0.25, -0.2) is 0 Å². The average Bonchev–Trinajstić information content (AvgIpc) is 2.55. The molecule has 7 heteroatoms. The molecule has 3 rings (SSSR count). The molecule has 2 saturated heterocycles. The highest BCUT2D eigenvalue weighted by molar-refractivity contribution is 6.04. The maximum Gasteiger partial charge on any atom is 0.250 e. The van der Waals surface area contributed by atoms with Crippen molar-refractivity contribution in [3.05, 3.63) is 28.7 Å². The van der Waals surface area contributed by atoms with Crippen molar-refractivity contribution in [3.63, 3.8) is 0 Å². The normalized spacial score (nSPS) is 24.1. The average molecular weight is 332 g/mol. The van der Waals surface area contributed by atoms with Crippen molar-refractivity contribution < 1.29 is 9.59 Å². The van der Waals surface area contributed by atoms with Crippen LogP contribution in [0.5, 0.6) is 0 Å². The van der Waals surface area contributed by atoms with Crippen LogP contribution in [-0.4, -0.2) is 66.5 Å². The highest BCUT2D eigenvalue weighted by Crippen LogP contribution is 2.42. The number of hydrogen-bond donors (Lipinski definition) is 0. The zero-order valence-electron chi connectivity index (χ0n) is 14.5. The van der Waals surface area contributed by atoms with E-state index in [1.54, 1.807) is 43.2 Å². The summed E-state index contributed by atoms with van der Waals surface area (Å²) < 4.78 is 1.48. The van der Waals surface area contributed by atoms with E-state index in [4.69, 9.17) is 0 Å². The van der Waals surface area contributed by atoms with Crippen LogP contribution in [0.15, 0.2) is 23.1 Å². The van der Waals surface area contributed by atoms with Gasteiger partial charge in [-0.15, -0.1) is 0 Å². The Hall–Kier alpha value is -2.15. The molecule has 1 aromatic heterocycles. The molecule has 0 bridgehead atoms. The molecule has 1 spiro atoms. The number of aromatic nitrogens is 1. The van der Waals surface area contributed by atoms with Crippen LogP contribution in [0.4, 0.5) is 5.69 Å². The minimum absolute atomic E-state index is 0.0636. The topological polar surface area (TPSA) is 65.9 Å². The number of carbonyl (C=O) groups excluding carboxylic acids is 2. The van der Waals surface area contributed by atoms with Gasteiger partial charge in [0.2, 0.25) is 17.4 Å². The van der Waals surface area contributed by atoms with E-state index in [0.29, 0.717) is 19.6 Å². The Morgan fingerprint density at radius 1 is 1.25 bits per heavy atom. The fourth-order valence-corrected chi connectivity index (χ4v) is 3.58. The lowest BCUT2D eigenvalue weighted by molar-refractivity contribution is -0.142. The van der Waals surface area contributed by atoms with Crippen molar-refractivity contribution in [1.82, 2.24) is 14.4 Å². The molecule has 0 N–H and O–H groups in total. The molecule has 7 nitrogen and oxygen atoms in total. The van der Waals surface area contributed by atoms with Gasteiger partial charge in [-0.3, -0.25) is 19.3 Å². The number of amides is 2. The van der Waals surface area contributed by atoms with E-state index in [2.05, 4.69) is 4.90 Å². The summed E-state index contributed by atoms with van der Waals surface area (Å²) in [6, 6.07) is 3.18. The molecule has 130 valence electrons. The second-order valence-corrected chi connectivity index (χ2v) is 7.11. The molecular weight excluding hydrogens is 308 g/mol. The first kappa shape index (κ1) is 16.7. The highest BCUT2D eigenvalue weighted by Gasteiger charge is 2.54. The van der Waals surface area contributed by atoms with E-state index in [9.17, 15) is 14.4 Å². The first-order valence-electron chi connectivity index (χ1n) is 8.24. The van der Waals surface area contributed by atoms with Crippen LogP contribution in [0.2, 0.25) is 0 Å². The molecule has 0 aromatic carbocycles. The lowest BCUT2D eigenvalue weighted by atomic mass is 9.72. The van der Waals surface area contributed by atoms with Crippen LogP contribution in [0.25, 0.3) is 0 Å². The molecule has 1 aromatic rings. The van der Waals surface area contributed by atoms with Gasteiger partial charge in [0.15, 0.2) is 0 Å². The van der Waals surface area contributed by atoms with E-state index in [-0.39, 0.29) is 22.8 Å². The number of piperidine rings is 1. The molecular formula is C17H24N4O3. The number of pyridine rings is 1. The van der Waals surface area contributed by atoms with Gasteiger partial charge in [0.05, 0.1) is 17.6 Å². The smallest absolute Gasteiger partial charge is 0.250 e. The monoisotopic (exact) mass is 332 g/mol. The van der Waals surface area contributed by atoms with Crippen LogP contribution in [-0.2, 0) is 16.6 Å². The molecule has 0 radical (unpaired) electrons. The van der Waals surface area contributed by atoms with Crippen LogP contribution in [0.1, 0.15) is 12.8 Å². The van der Waals surface area contributed by atoms with E-state index in [1.807, 2.05) is 0 Å². The summed E-state index contributed by atoms with van der Waals surface area (Å²) >= 11 is 0. The molecule has 24 heavy (non-hydrogen) atoms. The Bertz CT molecular complexity index is 727. The third-order valence-corrected chi connectivity index (χ3v) is 5.06. The van der Waals surface area contributed by atoms with Gasteiger partial charge in [-0.05, 0) is 25.5 Å². The minimum Gasteiger partial charge on any atom is -0.348 e. The highest BCUT2D eigenvalue weighted by atomic mass is 16.2. The predicted octanol–water partition coefficient (Wildman–Crippen LogP) is -0.0977. The van der Waals surface area contributed by atoms with Crippen molar-refractivity contribution in [3.8, 4) is 0 Å². The van der Waals surface area contributed by atoms with Gasteiger partial charge in [-0.1, -0.05) is 0 Å². The van der Waals surface area contributed by atoms with Gasteiger partial charge in [0.25, 0.3) is 0 Å². The minimum atomic E-state index is -0.375. The van der Waals surface area contributed by atoms with Crippen molar-refractivity contribution in [2.24, 2.45) is 12.5 Å². The quantitative estimate of drug-likeness (QED) is 0.725. The largest absolute Gasteiger partial charge is 0.348 e. The van der Waals surface area contributed by atoms with E-state index >= 15 is 0 Å². The predicted molar refractivity (Wildman–Crippen MR) is 90.8 cm³/mol. The van der Waals surface area contributed by atoms with Crippen LogP contribution >= 0.6 is 0 Å². The summed E-state index contributed by atoms with van der Waals surface area (Å²) in [6.45, 7) is 2.50. The third kappa shape index (κ3) is 2.84. The van der Waals surface area contributed by atoms with Gasteiger partial charge in [-0.2, -0.15) is 0 Å². The van der Waals surface area contributed by atoms with Gasteiger partial charge in [0.1, 0.15) is 0 Å². The lowest BCUT2D eigenvalue weighted by Gasteiger charge is -2.53. The maximum absolute atomic E-state index is 12.8. The fraction of sp³-hybridized carbons (Fsp3) is 0.588. The first-order valence-corrected chi connectivity index (χ1v) is 8.24. The SMILES string of the molecule is CN(C)C(=O)CN1CCC[C@@]2(C1)CN(c1ccc(=O)n(C)c1)C2=O. The number of likely N-dealkylation sites (N-methyl/N-ethyl adjacent to an activating group) is 1. The van der Waals surface area contributed by atoms with Gasteiger partial charge < -0.3 is 14.4 Å². The zero-order valence-corrected chi connectivity index (χ0v) is 14.5. The fourth-order valence-electron chi connectivity index (χ4n) is 3.58. The molecule has 0 unspecified atom stereocenters. The number of anilines is 1. The Morgan fingerprint density at radius 3 is 2.62 bits per heavy atom. The Labute approximate surface area is 141 Å². The number of hydrogen-bond acceptors (Lipinski definition) is 4. The van der Waals surface area contributed by atoms with Crippen molar-refractivity contribution in [2.75, 3.05) is 45.2 Å². The summed E-state index contributed by atoms with van der Waals surface area (Å²) in [4.78, 5) is 41.6. The van der Waals surface area contributed by atoms with Gasteiger partial charge in [0, 0.05) is 46.5 Å². The van der Waals surface area contributed by atoms with E-state index in [0.717, 1.165) is 25.1 Å². The van der Waals surface area contributed by atoms with Crippen LogP contribution in [0, 0.1) is 5.41 Å². The number of nitrogens with zero attached hydrogens (tertiary/aromatic N) is 4. The van der Waals surface area contributed by atoms with Crippen LogP contribution in [0.3, 0.4) is 0 Å². The summed E-state index contributed by atoms with van der Waals surface area (Å²) in [5, 5.41) is 0. The third-order valence-electron chi connectivity index (χ3n) is 5.06. The standard InChI is InChI=1S/C17H24N4O3/c1-18(2)15(23)10-20-8-4-7-17(11-20)12-21(16(17)24)13-5-6-14(22)19(3)9-13/h5-6,9H,4,7-8,10-12H2,1-3H3/t17-/m1/s1. The Kier molecular flexibility index (Phi) is 4.21. The molecule has 1 atom stereocenters. The van der Waals surface area contributed by atoms with Crippen molar-refractivity contribution >= 4 is 17.5 Å². The number of carbonyl (C=O) groups is 2. The summed E-state index contributed by atoms with van der Waals surface area (Å²) in [5.41, 5.74) is 0.293. The molecule has 2 amide bonds. The summed E-state index contributed by atoms with van der Waals surface area (Å²) in [6.07, 6.45) is 3.48. The maximum atomic E-state index is 12.8. The molecule has 0 aliphatic carbocycles.